The third-order valence-corrected chi connectivity index (χ3v) is 5.45. The molecule has 130 valence electrons. The summed E-state index contributed by atoms with van der Waals surface area (Å²) in [5, 5.41) is 5.46. The van der Waals surface area contributed by atoms with Gasteiger partial charge in [0.15, 0.2) is 5.01 Å². The largest absolute Gasteiger partial charge is 0.497 e. The first-order valence-corrected chi connectivity index (χ1v) is 9.28. The van der Waals surface area contributed by atoms with Crippen LogP contribution >= 0.6 is 11.3 Å². The van der Waals surface area contributed by atoms with Gasteiger partial charge < -0.3 is 9.64 Å². The van der Waals surface area contributed by atoms with Crippen LogP contribution in [0, 0.1) is 6.92 Å². The number of hydrogen-bond donors (Lipinski definition) is 1. The fourth-order valence-corrected chi connectivity index (χ4v) is 4.07. The zero-order chi connectivity index (χ0) is 17.4. The molecule has 3 aromatic rings. The van der Waals surface area contributed by atoms with Gasteiger partial charge in [-0.3, -0.25) is 4.79 Å². The van der Waals surface area contributed by atoms with Gasteiger partial charge in [-0.15, -0.1) is 0 Å². The highest BCUT2D eigenvalue weighted by atomic mass is 32.1. The van der Waals surface area contributed by atoms with Crippen molar-refractivity contribution < 1.29 is 9.64 Å². The second-order valence-corrected chi connectivity index (χ2v) is 7.60. The Balaban J connectivity index is 1.55. The molecule has 0 radical (unpaired) electrons. The molecule has 7 heteroatoms. The third kappa shape index (κ3) is 3.57. The molecule has 0 saturated heterocycles. The van der Waals surface area contributed by atoms with Crippen molar-refractivity contribution in [2.24, 2.45) is 0 Å². The molecule has 0 bridgehead atoms. The van der Waals surface area contributed by atoms with Gasteiger partial charge in [0.05, 0.1) is 13.2 Å². The molecule has 0 aliphatic heterocycles. The monoisotopic (exact) mass is 357 g/mol. The highest BCUT2D eigenvalue weighted by Crippen LogP contribution is 2.18. The summed E-state index contributed by atoms with van der Waals surface area (Å²) in [6.45, 7) is 3.61. The van der Waals surface area contributed by atoms with Crippen molar-refractivity contribution in [3.05, 3.63) is 57.0 Å². The van der Waals surface area contributed by atoms with Gasteiger partial charge in [0.2, 0.25) is 4.96 Å². The summed E-state index contributed by atoms with van der Waals surface area (Å²) in [7, 11) is 1.68. The summed E-state index contributed by atoms with van der Waals surface area (Å²) >= 11 is 1.52. The van der Waals surface area contributed by atoms with Gasteiger partial charge in [0.25, 0.3) is 5.56 Å². The lowest BCUT2D eigenvalue weighted by atomic mass is 10.2. The van der Waals surface area contributed by atoms with Gasteiger partial charge in [-0.1, -0.05) is 11.3 Å². The minimum absolute atomic E-state index is 0.104. The van der Waals surface area contributed by atoms with E-state index in [1.165, 1.54) is 45.2 Å². The Hall–Kier alpha value is -2.25. The Morgan fingerprint density at radius 1 is 1.28 bits per heavy atom. The van der Waals surface area contributed by atoms with Crippen LogP contribution in [-0.4, -0.2) is 27.7 Å². The fraction of sp³-hybridized carbons (Fsp3) is 0.389. The Labute approximate surface area is 149 Å². The Bertz CT molecular complexity index is 944. The number of rotatable bonds is 6. The van der Waals surface area contributed by atoms with Crippen LogP contribution in [0.15, 0.2) is 35.1 Å². The number of nitrogens with one attached hydrogen (secondary N) is 1. The average Bonchev–Trinajstić information content (AvgIpc) is 3.36. The van der Waals surface area contributed by atoms with E-state index in [-0.39, 0.29) is 5.56 Å². The van der Waals surface area contributed by atoms with Crippen LogP contribution in [0.25, 0.3) is 4.96 Å². The standard InChI is InChI=1S/C18H20N4O2S/c1-12-9-17(23)22-18(19-12)25-16(20-22)11-21(14-5-6-14)10-13-3-7-15(24-2)8-4-13/h3-4,7-9,14H,5-6,10-11H2,1-2H3/p+1. The van der Waals surface area contributed by atoms with E-state index in [0.29, 0.717) is 11.0 Å². The van der Waals surface area contributed by atoms with Gasteiger partial charge >= 0.3 is 0 Å². The summed E-state index contributed by atoms with van der Waals surface area (Å²) < 4.78 is 6.65. The zero-order valence-corrected chi connectivity index (χ0v) is 15.2. The Kier molecular flexibility index (Phi) is 4.27. The van der Waals surface area contributed by atoms with Gasteiger partial charge in [-0.05, 0) is 31.2 Å². The number of ether oxygens (including phenoxy) is 1. The van der Waals surface area contributed by atoms with E-state index in [1.807, 2.05) is 19.1 Å². The topological polar surface area (TPSA) is 60.9 Å². The summed E-state index contributed by atoms with van der Waals surface area (Å²) in [5.74, 6) is 0.878. The van der Waals surface area contributed by atoms with Crippen molar-refractivity contribution in [2.75, 3.05) is 7.11 Å². The highest BCUT2D eigenvalue weighted by Gasteiger charge is 2.34. The quantitative estimate of drug-likeness (QED) is 0.721. The van der Waals surface area contributed by atoms with Crippen molar-refractivity contribution in [3.8, 4) is 5.75 Å². The van der Waals surface area contributed by atoms with E-state index in [0.717, 1.165) is 29.5 Å². The molecule has 25 heavy (non-hydrogen) atoms. The van der Waals surface area contributed by atoms with Crippen molar-refractivity contribution in [1.82, 2.24) is 14.6 Å². The minimum atomic E-state index is -0.104. The number of aryl methyl sites for hydroxylation is 1. The molecule has 1 aliphatic carbocycles. The summed E-state index contributed by atoms with van der Waals surface area (Å²) in [4.78, 5) is 18.6. The number of benzene rings is 1. The van der Waals surface area contributed by atoms with E-state index in [1.54, 1.807) is 7.11 Å². The molecule has 1 aliphatic rings. The maximum absolute atomic E-state index is 12.0. The molecule has 2 heterocycles. The van der Waals surface area contributed by atoms with Crippen LogP contribution in [0.4, 0.5) is 0 Å². The first-order chi connectivity index (χ1) is 12.1. The average molecular weight is 357 g/mol. The molecule has 1 N–H and O–H groups in total. The van der Waals surface area contributed by atoms with E-state index < -0.39 is 0 Å². The van der Waals surface area contributed by atoms with Crippen LogP contribution in [0.3, 0.4) is 0 Å². The van der Waals surface area contributed by atoms with Gasteiger partial charge in [0.1, 0.15) is 18.8 Å². The number of nitrogens with zero attached hydrogens (tertiary/aromatic N) is 3. The lowest BCUT2D eigenvalue weighted by Crippen LogP contribution is -3.10. The maximum atomic E-state index is 12.0. The zero-order valence-electron chi connectivity index (χ0n) is 14.4. The van der Waals surface area contributed by atoms with E-state index in [2.05, 4.69) is 22.2 Å². The number of aromatic nitrogens is 3. The number of hydrogen-bond acceptors (Lipinski definition) is 5. The molecule has 2 aromatic heterocycles. The molecule has 1 atom stereocenters. The van der Waals surface area contributed by atoms with Gasteiger partial charge in [-0.25, -0.2) is 4.98 Å². The van der Waals surface area contributed by atoms with Crippen LogP contribution in [0.2, 0.25) is 0 Å². The SMILES string of the molecule is COc1ccc(C[NH+](Cc2nn3c(=O)cc(C)nc3s2)C2CC2)cc1. The molecule has 1 aromatic carbocycles. The number of fused-ring (bicyclic) bond motifs is 1. The van der Waals surface area contributed by atoms with Crippen LogP contribution in [0.5, 0.6) is 5.75 Å². The molecular formula is C18H21N4O2S+. The maximum Gasteiger partial charge on any atom is 0.275 e. The fourth-order valence-electron chi connectivity index (χ4n) is 3.07. The number of methoxy groups -OCH3 is 1. The lowest BCUT2D eigenvalue weighted by molar-refractivity contribution is -0.938. The van der Waals surface area contributed by atoms with Crippen LogP contribution in [0.1, 0.15) is 29.1 Å². The van der Waals surface area contributed by atoms with E-state index in [4.69, 9.17) is 4.74 Å². The summed E-state index contributed by atoms with van der Waals surface area (Å²) in [6.07, 6.45) is 2.52. The van der Waals surface area contributed by atoms with Crippen molar-refractivity contribution in [3.63, 3.8) is 0 Å². The highest BCUT2D eigenvalue weighted by molar-refractivity contribution is 7.16. The molecule has 0 amide bonds. The molecular weight excluding hydrogens is 336 g/mol. The van der Waals surface area contributed by atoms with E-state index in [9.17, 15) is 4.79 Å². The summed E-state index contributed by atoms with van der Waals surface area (Å²) in [6, 6.07) is 10.5. The Morgan fingerprint density at radius 2 is 2.04 bits per heavy atom. The predicted octanol–water partition coefficient (Wildman–Crippen LogP) is 1.22. The van der Waals surface area contributed by atoms with Crippen molar-refractivity contribution in [1.29, 1.82) is 0 Å². The molecule has 1 fully saturated rings. The summed E-state index contributed by atoms with van der Waals surface area (Å²) in [5.41, 5.74) is 1.92. The first-order valence-electron chi connectivity index (χ1n) is 8.46. The van der Waals surface area contributed by atoms with Gasteiger partial charge in [0, 0.05) is 30.2 Å². The molecule has 0 spiro atoms. The van der Waals surface area contributed by atoms with Crippen molar-refractivity contribution >= 4 is 16.3 Å². The van der Waals surface area contributed by atoms with Crippen molar-refractivity contribution in [2.45, 2.75) is 38.9 Å². The first kappa shape index (κ1) is 16.2. The Morgan fingerprint density at radius 3 is 2.72 bits per heavy atom. The second kappa shape index (κ2) is 6.57. The van der Waals surface area contributed by atoms with Crippen LogP contribution < -0.4 is 15.2 Å². The third-order valence-electron chi connectivity index (χ3n) is 4.54. The van der Waals surface area contributed by atoms with Crippen LogP contribution in [-0.2, 0) is 13.1 Å². The smallest absolute Gasteiger partial charge is 0.275 e. The van der Waals surface area contributed by atoms with E-state index >= 15 is 0 Å². The lowest BCUT2D eigenvalue weighted by Gasteiger charge is -2.18. The molecule has 1 saturated carbocycles. The molecule has 6 nitrogen and oxygen atoms in total. The van der Waals surface area contributed by atoms with Gasteiger partial charge in [-0.2, -0.15) is 9.61 Å². The molecule has 4 rings (SSSR count). The second-order valence-electron chi connectivity index (χ2n) is 6.56. The predicted molar refractivity (Wildman–Crippen MR) is 96.3 cm³/mol. The number of quaternary nitrogens is 1. The molecule has 1 unspecified atom stereocenters. The minimum Gasteiger partial charge on any atom is -0.497 e. The normalized spacial score (nSPS) is 15.4.